The molecule has 0 fully saturated rings. The third-order valence-electron chi connectivity index (χ3n) is 3.98. The first-order chi connectivity index (χ1) is 12.2. The van der Waals surface area contributed by atoms with E-state index in [1.165, 1.54) is 6.08 Å². The molecule has 0 unspecified atom stereocenters. The molecule has 0 aromatic heterocycles. The molecule has 2 aromatic carbocycles. The standard InChI is InChI=1S/C22H23ClO3/c1-15(21(25)17-8-10-18(11-9-17)22(2,3)4)26-20(24)14-7-16-5-12-19(23)13-6-16/h5-15H,1-4H3/b14-7+/t15-/m0/s1. The van der Waals surface area contributed by atoms with E-state index in [1.54, 1.807) is 49.4 Å². The lowest BCUT2D eigenvalue weighted by molar-refractivity contribution is -0.140. The smallest absolute Gasteiger partial charge is 0.331 e. The second-order valence-electron chi connectivity index (χ2n) is 7.16. The van der Waals surface area contributed by atoms with Gasteiger partial charge in [-0.2, -0.15) is 0 Å². The summed E-state index contributed by atoms with van der Waals surface area (Å²) in [6.45, 7) is 7.91. The number of hydrogen-bond acceptors (Lipinski definition) is 3. The van der Waals surface area contributed by atoms with Crippen molar-refractivity contribution in [3.8, 4) is 0 Å². The number of hydrogen-bond donors (Lipinski definition) is 0. The molecule has 0 aliphatic rings. The second kappa shape index (κ2) is 8.33. The van der Waals surface area contributed by atoms with Gasteiger partial charge in [-0.15, -0.1) is 0 Å². The first-order valence-electron chi connectivity index (χ1n) is 8.46. The summed E-state index contributed by atoms with van der Waals surface area (Å²) in [7, 11) is 0. The van der Waals surface area contributed by atoms with Gasteiger partial charge < -0.3 is 4.74 Å². The zero-order valence-electron chi connectivity index (χ0n) is 15.5. The van der Waals surface area contributed by atoms with Crippen molar-refractivity contribution in [2.24, 2.45) is 0 Å². The lowest BCUT2D eigenvalue weighted by Crippen LogP contribution is -2.23. The lowest BCUT2D eigenvalue weighted by atomic mass is 9.86. The third-order valence-corrected chi connectivity index (χ3v) is 4.23. The summed E-state index contributed by atoms with van der Waals surface area (Å²) in [6.07, 6.45) is 2.07. The Bertz CT molecular complexity index is 797. The van der Waals surface area contributed by atoms with Crippen molar-refractivity contribution in [2.75, 3.05) is 0 Å². The average Bonchev–Trinajstić information content (AvgIpc) is 2.60. The van der Waals surface area contributed by atoms with Crippen molar-refractivity contribution in [2.45, 2.75) is 39.2 Å². The summed E-state index contributed by atoms with van der Waals surface area (Å²) < 4.78 is 5.21. The summed E-state index contributed by atoms with van der Waals surface area (Å²) in [5.41, 5.74) is 2.51. The van der Waals surface area contributed by atoms with Gasteiger partial charge in [0.05, 0.1) is 0 Å². The lowest BCUT2D eigenvalue weighted by Gasteiger charge is -2.19. The third kappa shape index (κ3) is 5.57. The van der Waals surface area contributed by atoms with Crippen LogP contribution in [0, 0.1) is 0 Å². The van der Waals surface area contributed by atoms with E-state index in [4.69, 9.17) is 16.3 Å². The van der Waals surface area contributed by atoms with E-state index in [1.807, 2.05) is 12.1 Å². The highest BCUT2D eigenvalue weighted by Crippen LogP contribution is 2.22. The largest absolute Gasteiger partial charge is 0.451 e. The summed E-state index contributed by atoms with van der Waals surface area (Å²) in [6, 6.07) is 14.5. The van der Waals surface area contributed by atoms with Gasteiger partial charge in [0.15, 0.2) is 6.10 Å². The molecule has 0 aliphatic heterocycles. The molecular formula is C22H23ClO3. The zero-order chi connectivity index (χ0) is 19.3. The van der Waals surface area contributed by atoms with E-state index in [9.17, 15) is 9.59 Å². The summed E-state index contributed by atoms with van der Waals surface area (Å²) in [5.74, 6) is -0.786. The molecule has 0 aliphatic carbocycles. The van der Waals surface area contributed by atoms with Crippen molar-refractivity contribution < 1.29 is 14.3 Å². The van der Waals surface area contributed by atoms with Gasteiger partial charge in [-0.3, -0.25) is 4.79 Å². The number of esters is 1. The molecule has 2 rings (SSSR count). The molecule has 0 amide bonds. The molecule has 0 spiro atoms. The number of carbonyl (C=O) groups excluding carboxylic acids is 2. The van der Waals surface area contributed by atoms with Gasteiger partial charge in [0.25, 0.3) is 0 Å². The van der Waals surface area contributed by atoms with Crippen LogP contribution >= 0.6 is 11.6 Å². The van der Waals surface area contributed by atoms with Gasteiger partial charge in [-0.05, 0) is 41.7 Å². The fraction of sp³-hybridized carbons (Fsp3) is 0.273. The molecule has 0 saturated heterocycles. The number of carbonyl (C=O) groups is 2. The van der Waals surface area contributed by atoms with Crippen LogP contribution in [0.15, 0.2) is 54.6 Å². The summed E-state index contributed by atoms with van der Waals surface area (Å²) in [4.78, 5) is 24.4. The predicted molar refractivity (Wildman–Crippen MR) is 106 cm³/mol. The van der Waals surface area contributed by atoms with E-state index in [2.05, 4.69) is 20.8 Å². The molecule has 26 heavy (non-hydrogen) atoms. The molecule has 1 atom stereocenters. The number of Topliss-reactive ketones (excluding diaryl/α,β-unsaturated/α-hetero) is 1. The van der Waals surface area contributed by atoms with Crippen molar-refractivity contribution in [1.29, 1.82) is 0 Å². The second-order valence-corrected chi connectivity index (χ2v) is 7.59. The van der Waals surface area contributed by atoms with Crippen LogP contribution in [0.1, 0.15) is 49.2 Å². The van der Waals surface area contributed by atoms with Gasteiger partial charge in [0.1, 0.15) is 0 Å². The van der Waals surface area contributed by atoms with Gasteiger partial charge >= 0.3 is 5.97 Å². The first-order valence-corrected chi connectivity index (χ1v) is 8.83. The average molecular weight is 371 g/mol. The van der Waals surface area contributed by atoms with Gasteiger partial charge in [0, 0.05) is 16.7 Å². The Morgan fingerprint density at radius 2 is 1.58 bits per heavy atom. The molecule has 136 valence electrons. The fourth-order valence-corrected chi connectivity index (χ4v) is 2.50. The summed E-state index contributed by atoms with van der Waals surface area (Å²) >= 11 is 5.82. The maximum absolute atomic E-state index is 12.4. The van der Waals surface area contributed by atoms with Gasteiger partial charge in [0.2, 0.25) is 5.78 Å². The van der Waals surface area contributed by atoms with Gasteiger partial charge in [-0.25, -0.2) is 4.79 Å². The topological polar surface area (TPSA) is 43.4 Å². The van der Waals surface area contributed by atoms with Crippen molar-refractivity contribution in [3.05, 3.63) is 76.3 Å². The molecule has 3 nitrogen and oxygen atoms in total. The minimum atomic E-state index is -0.849. The van der Waals surface area contributed by atoms with Crippen LogP contribution in [-0.2, 0) is 14.9 Å². The number of halogens is 1. The Balaban J connectivity index is 1.97. The minimum Gasteiger partial charge on any atom is -0.451 e. The number of ketones is 1. The van der Waals surface area contributed by atoms with Crippen molar-refractivity contribution in [1.82, 2.24) is 0 Å². The maximum Gasteiger partial charge on any atom is 0.331 e. The molecular weight excluding hydrogens is 348 g/mol. The highest BCUT2D eigenvalue weighted by atomic mass is 35.5. The quantitative estimate of drug-likeness (QED) is 0.398. The highest BCUT2D eigenvalue weighted by molar-refractivity contribution is 6.30. The molecule has 0 radical (unpaired) electrons. The van der Waals surface area contributed by atoms with E-state index < -0.39 is 12.1 Å². The van der Waals surface area contributed by atoms with E-state index in [0.717, 1.165) is 11.1 Å². The number of ether oxygens (including phenoxy) is 1. The normalized spacial score (nSPS) is 12.8. The Hall–Kier alpha value is -2.39. The van der Waals surface area contributed by atoms with Crippen LogP contribution in [0.4, 0.5) is 0 Å². The molecule has 0 N–H and O–H groups in total. The van der Waals surface area contributed by atoms with Gasteiger partial charge in [-0.1, -0.05) is 68.8 Å². The molecule has 4 heteroatoms. The number of rotatable bonds is 5. The van der Waals surface area contributed by atoms with Crippen LogP contribution in [-0.4, -0.2) is 17.9 Å². The highest BCUT2D eigenvalue weighted by Gasteiger charge is 2.20. The molecule has 2 aromatic rings. The Kier molecular flexibility index (Phi) is 6.38. The zero-order valence-corrected chi connectivity index (χ0v) is 16.2. The fourth-order valence-electron chi connectivity index (χ4n) is 2.37. The van der Waals surface area contributed by atoms with E-state index >= 15 is 0 Å². The predicted octanol–water partition coefficient (Wildman–Crippen LogP) is 5.47. The Morgan fingerprint density at radius 1 is 1.00 bits per heavy atom. The van der Waals surface area contributed by atoms with Crippen molar-refractivity contribution >= 4 is 29.4 Å². The summed E-state index contributed by atoms with van der Waals surface area (Å²) in [5, 5.41) is 0.626. The first kappa shape index (κ1) is 19.9. The van der Waals surface area contributed by atoms with E-state index in [0.29, 0.717) is 10.6 Å². The maximum atomic E-state index is 12.4. The van der Waals surface area contributed by atoms with Crippen LogP contribution in [0.25, 0.3) is 6.08 Å². The minimum absolute atomic E-state index is 0.0200. The molecule has 0 heterocycles. The van der Waals surface area contributed by atoms with Crippen molar-refractivity contribution in [3.63, 3.8) is 0 Å². The van der Waals surface area contributed by atoms with Crippen LogP contribution in [0.3, 0.4) is 0 Å². The molecule has 0 bridgehead atoms. The Labute approximate surface area is 159 Å². The van der Waals surface area contributed by atoms with Crippen LogP contribution in [0.5, 0.6) is 0 Å². The Morgan fingerprint density at radius 3 is 2.12 bits per heavy atom. The monoisotopic (exact) mass is 370 g/mol. The SMILES string of the molecule is C[C@H](OC(=O)/C=C/c1ccc(Cl)cc1)C(=O)c1ccc(C(C)(C)C)cc1. The van der Waals surface area contributed by atoms with Crippen LogP contribution in [0.2, 0.25) is 5.02 Å². The van der Waals surface area contributed by atoms with Crippen LogP contribution < -0.4 is 0 Å². The number of benzene rings is 2. The molecule has 0 saturated carbocycles. The van der Waals surface area contributed by atoms with E-state index in [-0.39, 0.29) is 11.2 Å².